The van der Waals surface area contributed by atoms with E-state index in [0.29, 0.717) is 24.1 Å². The number of aliphatic hydroxyl groups excluding tert-OH is 1. The Bertz CT molecular complexity index is 637. The van der Waals surface area contributed by atoms with Crippen LogP contribution in [0.2, 0.25) is 0 Å². The number of anilines is 1. The zero-order valence-corrected chi connectivity index (χ0v) is 10.8. The highest BCUT2D eigenvalue weighted by molar-refractivity contribution is 5.50. The fourth-order valence-corrected chi connectivity index (χ4v) is 2.42. The molecule has 0 atom stereocenters. The third-order valence-corrected chi connectivity index (χ3v) is 3.67. The van der Waals surface area contributed by atoms with Crippen molar-refractivity contribution in [1.82, 2.24) is 14.6 Å². The monoisotopic (exact) mass is 277 g/mol. The van der Waals surface area contributed by atoms with Gasteiger partial charge in [0.2, 0.25) is 5.65 Å². The molecule has 1 saturated carbocycles. The second-order valence-electron chi connectivity index (χ2n) is 4.84. The van der Waals surface area contributed by atoms with Gasteiger partial charge < -0.3 is 20.1 Å². The van der Waals surface area contributed by atoms with E-state index in [0.717, 1.165) is 12.8 Å². The summed E-state index contributed by atoms with van der Waals surface area (Å²) >= 11 is 0. The second kappa shape index (κ2) is 5.04. The van der Waals surface area contributed by atoms with Crippen LogP contribution in [0.4, 0.5) is 11.6 Å². The lowest BCUT2D eigenvalue weighted by atomic mass is 9.91. The third-order valence-electron chi connectivity index (χ3n) is 3.67. The molecule has 8 heteroatoms. The highest BCUT2D eigenvalue weighted by atomic mass is 16.6. The van der Waals surface area contributed by atoms with Crippen molar-refractivity contribution in [2.45, 2.75) is 25.3 Å². The van der Waals surface area contributed by atoms with Crippen molar-refractivity contribution in [2.75, 3.05) is 18.1 Å². The number of rotatable bonds is 5. The first-order valence-corrected chi connectivity index (χ1v) is 6.57. The largest absolute Gasteiger partial charge is 0.395 e. The van der Waals surface area contributed by atoms with Crippen LogP contribution in [0, 0.1) is 10.1 Å². The maximum Gasteiger partial charge on any atom is 0.368 e. The van der Waals surface area contributed by atoms with Gasteiger partial charge in [-0.05, 0) is 30.3 Å². The van der Waals surface area contributed by atoms with Crippen molar-refractivity contribution in [3.05, 3.63) is 28.4 Å². The van der Waals surface area contributed by atoms with E-state index in [9.17, 15) is 15.2 Å². The molecule has 0 spiro atoms. The molecule has 3 rings (SSSR count). The predicted molar refractivity (Wildman–Crippen MR) is 71.7 cm³/mol. The molecular weight excluding hydrogens is 262 g/mol. The highest BCUT2D eigenvalue weighted by Gasteiger charge is 2.27. The Morgan fingerprint density at radius 2 is 2.30 bits per heavy atom. The summed E-state index contributed by atoms with van der Waals surface area (Å²) < 4.78 is 1.23. The van der Waals surface area contributed by atoms with Crippen molar-refractivity contribution in [3.8, 4) is 0 Å². The van der Waals surface area contributed by atoms with Gasteiger partial charge in [0.1, 0.15) is 6.20 Å². The fraction of sp³-hybridized carbons (Fsp3) is 0.500. The highest BCUT2D eigenvalue weighted by Crippen LogP contribution is 2.28. The second-order valence-corrected chi connectivity index (χ2v) is 4.84. The SMILES string of the molecule is O=[N+]([O-])c1cnc2ccc(N(CCO)C3CCC3)nn12. The molecule has 0 bridgehead atoms. The van der Waals surface area contributed by atoms with Gasteiger partial charge in [0.15, 0.2) is 5.82 Å². The van der Waals surface area contributed by atoms with Gasteiger partial charge >= 0.3 is 5.82 Å². The first-order chi connectivity index (χ1) is 9.70. The van der Waals surface area contributed by atoms with E-state index in [-0.39, 0.29) is 12.4 Å². The molecule has 1 N–H and O–H groups in total. The Morgan fingerprint density at radius 1 is 1.50 bits per heavy atom. The normalized spacial score (nSPS) is 15.2. The Kier molecular flexibility index (Phi) is 3.23. The molecule has 2 aromatic heterocycles. The molecule has 0 amide bonds. The number of hydrogen-bond acceptors (Lipinski definition) is 6. The lowest BCUT2D eigenvalue weighted by Crippen LogP contribution is -2.42. The van der Waals surface area contributed by atoms with E-state index >= 15 is 0 Å². The molecule has 2 heterocycles. The summed E-state index contributed by atoms with van der Waals surface area (Å²) in [6, 6.07) is 3.85. The molecule has 0 aromatic carbocycles. The minimum Gasteiger partial charge on any atom is -0.395 e. The van der Waals surface area contributed by atoms with Crippen LogP contribution in [-0.4, -0.2) is 43.8 Å². The molecule has 8 nitrogen and oxygen atoms in total. The molecule has 0 unspecified atom stereocenters. The van der Waals surface area contributed by atoms with Gasteiger partial charge in [0.05, 0.1) is 6.61 Å². The van der Waals surface area contributed by atoms with Crippen LogP contribution in [0.3, 0.4) is 0 Å². The molecule has 2 aromatic rings. The van der Waals surface area contributed by atoms with Gasteiger partial charge in [-0.3, -0.25) is 0 Å². The summed E-state index contributed by atoms with van der Waals surface area (Å²) in [6.07, 6.45) is 4.49. The van der Waals surface area contributed by atoms with Crippen LogP contribution in [-0.2, 0) is 0 Å². The summed E-state index contributed by atoms with van der Waals surface area (Å²) in [5.74, 6) is 0.483. The number of aromatic nitrogens is 3. The van der Waals surface area contributed by atoms with Crippen molar-refractivity contribution in [3.63, 3.8) is 0 Å². The van der Waals surface area contributed by atoms with E-state index in [2.05, 4.69) is 10.1 Å². The average Bonchev–Trinajstić information content (AvgIpc) is 2.78. The number of aliphatic hydroxyl groups is 1. The van der Waals surface area contributed by atoms with Gasteiger partial charge in [0, 0.05) is 18.7 Å². The minimum atomic E-state index is -0.503. The average molecular weight is 277 g/mol. The van der Waals surface area contributed by atoms with Crippen molar-refractivity contribution in [2.24, 2.45) is 0 Å². The summed E-state index contributed by atoms with van der Waals surface area (Å²) in [7, 11) is 0. The van der Waals surface area contributed by atoms with Gasteiger partial charge in [-0.1, -0.05) is 9.61 Å². The predicted octanol–water partition coefficient (Wildman–Crippen LogP) is 0.989. The smallest absolute Gasteiger partial charge is 0.368 e. The molecule has 0 radical (unpaired) electrons. The maximum absolute atomic E-state index is 10.9. The van der Waals surface area contributed by atoms with E-state index in [1.165, 1.54) is 17.1 Å². The van der Waals surface area contributed by atoms with Gasteiger partial charge in [0.25, 0.3) is 0 Å². The van der Waals surface area contributed by atoms with Crippen molar-refractivity contribution in [1.29, 1.82) is 0 Å². The first-order valence-electron chi connectivity index (χ1n) is 6.57. The van der Waals surface area contributed by atoms with Gasteiger partial charge in [-0.25, -0.2) is 4.98 Å². The maximum atomic E-state index is 10.9. The Hall–Kier alpha value is -2.22. The van der Waals surface area contributed by atoms with Crippen LogP contribution in [0.1, 0.15) is 19.3 Å². The zero-order valence-electron chi connectivity index (χ0n) is 10.8. The number of nitrogens with zero attached hydrogens (tertiary/aromatic N) is 5. The lowest BCUT2D eigenvalue weighted by molar-refractivity contribution is -0.391. The van der Waals surface area contributed by atoms with Gasteiger partial charge in [-0.15, -0.1) is 0 Å². The molecule has 0 aliphatic heterocycles. The van der Waals surface area contributed by atoms with Crippen LogP contribution >= 0.6 is 0 Å². The number of hydrogen-bond donors (Lipinski definition) is 1. The van der Waals surface area contributed by atoms with Crippen molar-refractivity contribution >= 4 is 17.3 Å². The molecule has 106 valence electrons. The zero-order chi connectivity index (χ0) is 14.1. The van der Waals surface area contributed by atoms with Crippen LogP contribution < -0.4 is 4.90 Å². The van der Waals surface area contributed by atoms with E-state index in [4.69, 9.17) is 0 Å². The molecule has 1 aliphatic carbocycles. The van der Waals surface area contributed by atoms with E-state index in [1.54, 1.807) is 12.1 Å². The minimum absolute atomic E-state index is 0.0300. The molecule has 1 aliphatic rings. The Balaban J connectivity index is 2.01. The quantitative estimate of drug-likeness (QED) is 0.646. The van der Waals surface area contributed by atoms with E-state index < -0.39 is 4.92 Å². The Morgan fingerprint density at radius 3 is 2.90 bits per heavy atom. The third kappa shape index (κ3) is 2.07. The summed E-state index contributed by atoms with van der Waals surface area (Å²) in [4.78, 5) is 16.4. The molecule has 20 heavy (non-hydrogen) atoms. The Labute approximate surface area is 114 Å². The number of imidazole rings is 1. The molecular formula is C12H15N5O3. The van der Waals surface area contributed by atoms with Crippen LogP contribution in [0.25, 0.3) is 5.65 Å². The summed E-state index contributed by atoms with van der Waals surface area (Å²) in [5.41, 5.74) is 0.443. The lowest BCUT2D eigenvalue weighted by Gasteiger charge is -2.37. The fourth-order valence-electron chi connectivity index (χ4n) is 2.42. The topological polar surface area (TPSA) is 96.8 Å². The number of nitro groups is 1. The number of fused-ring (bicyclic) bond motifs is 1. The first kappa shape index (κ1) is 12.8. The molecule has 0 saturated heterocycles. The van der Waals surface area contributed by atoms with Crippen LogP contribution in [0.5, 0.6) is 0 Å². The van der Waals surface area contributed by atoms with E-state index in [1.807, 2.05) is 4.90 Å². The summed E-state index contributed by atoms with van der Waals surface area (Å²) in [5, 5.41) is 24.4. The van der Waals surface area contributed by atoms with Gasteiger partial charge in [-0.2, -0.15) is 0 Å². The molecule has 1 fully saturated rings. The standard InChI is InChI=1S/C12H15N5O3/c18-7-6-15(9-2-1-3-9)11-5-4-10-13-8-12(17(19)20)16(10)14-11/h4-5,8-9,18H,1-3,6-7H2. The van der Waals surface area contributed by atoms with Crippen molar-refractivity contribution < 1.29 is 10.0 Å². The van der Waals surface area contributed by atoms with Crippen LogP contribution in [0.15, 0.2) is 18.3 Å². The summed E-state index contributed by atoms with van der Waals surface area (Å²) in [6.45, 7) is 0.508.